The average Bonchev–Trinajstić information content (AvgIpc) is 2.53. The summed E-state index contributed by atoms with van der Waals surface area (Å²) in [5.74, 6) is 1.75. The molecule has 0 bridgehead atoms. The van der Waals surface area contributed by atoms with Crippen LogP contribution in [0.15, 0.2) is 22.6 Å². The van der Waals surface area contributed by atoms with Crippen molar-refractivity contribution in [2.24, 2.45) is 5.73 Å². The third kappa shape index (κ3) is 1.70. The van der Waals surface area contributed by atoms with E-state index in [1.54, 1.807) is 0 Å². The van der Waals surface area contributed by atoms with Crippen LogP contribution in [0.25, 0.3) is 11.0 Å². The third-order valence-corrected chi connectivity index (χ3v) is 2.48. The van der Waals surface area contributed by atoms with E-state index >= 15 is 0 Å². The fraction of sp³-hybridized carbons (Fsp3) is 0.333. The van der Waals surface area contributed by atoms with Crippen LogP contribution in [0.1, 0.15) is 18.2 Å². The maximum Gasteiger partial charge on any atom is 0.134 e. The molecule has 0 aliphatic heterocycles. The highest BCUT2D eigenvalue weighted by Crippen LogP contribution is 2.28. The van der Waals surface area contributed by atoms with E-state index in [-0.39, 0.29) is 0 Å². The summed E-state index contributed by atoms with van der Waals surface area (Å²) in [7, 11) is 0. The summed E-state index contributed by atoms with van der Waals surface area (Å²) in [5, 5.41) is 1.06. The summed E-state index contributed by atoms with van der Waals surface area (Å²) in [5.41, 5.74) is 7.62. The first-order valence-electron chi connectivity index (χ1n) is 5.11. The number of aryl methyl sites for hydroxylation is 1. The van der Waals surface area contributed by atoms with E-state index in [4.69, 9.17) is 14.9 Å². The van der Waals surface area contributed by atoms with E-state index in [0.29, 0.717) is 13.2 Å². The van der Waals surface area contributed by atoms with Crippen LogP contribution in [0.4, 0.5) is 0 Å². The number of hydrogen-bond acceptors (Lipinski definition) is 3. The molecule has 1 aromatic heterocycles. The first kappa shape index (κ1) is 10.1. The lowest BCUT2D eigenvalue weighted by Crippen LogP contribution is -1.97. The molecule has 3 nitrogen and oxygen atoms in total. The number of benzene rings is 1. The minimum atomic E-state index is 0.494. The maximum absolute atomic E-state index is 5.68. The van der Waals surface area contributed by atoms with Gasteiger partial charge in [0.05, 0.1) is 6.61 Å². The van der Waals surface area contributed by atoms with Crippen molar-refractivity contribution in [2.45, 2.75) is 20.4 Å². The summed E-state index contributed by atoms with van der Waals surface area (Å²) in [6.45, 7) is 5.06. The minimum absolute atomic E-state index is 0.494. The Morgan fingerprint density at radius 2 is 2.20 bits per heavy atom. The standard InChI is InChI=1S/C12H15NO2/c1-3-14-9-4-5-12-10(6-9)11(7-13)8(2)15-12/h4-6H,3,7,13H2,1-2H3. The SMILES string of the molecule is CCOc1ccc2oc(C)c(CN)c2c1. The summed E-state index contributed by atoms with van der Waals surface area (Å²) >= 11 is 0. The summed E-state index contributed by atoms with van der Waals surface area (Å²) in [6, 6.07) is 5.82. The van der Waals surface area contributed by atoms with Gasteiger partial charge in [0.1, 0.15) is 17.1 Å². The van der Waals surface area contributed by atoms with Crippen LogP contribution in [0.2, 0.25) is 0 Å². The first-order chi connectivity index (χ1) is 7.26. The minimum Gasteiger partial charge on any atom is -0.494 e. The van der Waals surface area contributed by atoms with Crippen LogP contribution >= 0.6 is 0 Å². The van der Waals surface area contributed by atoms with Crippen molar-refractivity contribution >= 4 is 11.0 Å². The Kier molecular flexibility index (Phi) is 2.64. The van der Waals surface area contributed by atoms with E-state index in [1.165, 1.54) is 0 Å². The van der Waals surface area contributed by atoms with Crippen LogP contribution in [-0.4, -0.2) is 6.61 Å². The Labute approximate surface area is 88.8 Å². The Hall–Kier alpha value is -1.48. The molecule has 2 rings (SSSR count). The fourth-order valence-corrected chi connectivity index (χ4v) is 1.76. The molecule has 0 aliphatic rings. The lowest BCUT2D eigenvalue weighted by molar-refractivity contribution is 0.340. The largest absolute Gasteiger partial charge is 0.494 e. The highest BCUT2D eigenvalue weighted by atomic mass is 16.5. The van der Waals surface area contributed by atoms with Crippen molar-refractivity contribution < 1.29 is 9.15 Å². The smallest absolute Gasteiger partial charge is 0.134 e. The van der Waals surface area contributed by atoms with E-state index in [0.717, 1.165) is 28.0 Å². The van der Waals surface area contributed by atoms with Gasteiger partial charge >= 0.3 is 0 Å². The Balaban J connectivity index is 2.57. The van der Waals surface area contributed by atoms with Crippen molar-refractivity contribution in [3.63, 3.8) is 0 Å². The number of ether oxygens (including phenoxy) is 1. The highest BCUT2D eigenvalue weighted by molar-refractivity contribution is 5.83. The third-order valence-electron chi connectivity index (χ3n) is 2.48. The highest BCUT2D eigenvalue weighted by Gasteiger charge is 2.09. The Morgan fingerprint density at radius 1 is 1.40 bits per heavy atom. The molecule has 1 heterocycles. The monoisotopic (exact) mass is 205 g/mol. The molecule has 15 heavy (non-hydrogen) atoms. The molecule has 2 aromatic rings. The molecule has 0 atom stereocenters. The summed E-state index contributed by atoms with van der Waals surface area (Å²) in [6.07, 6.45) is 0. The summed E-state index contributed by atoms with van der Waals surface area (Å²) < 4.78 is 11.0. The van der Waals surface area contributed by atoms with Gasteiger partial charge in [0.15, 0.2) is 0 Å². The molecule has 3 heteroatoms. The topological polar surface area (TPSA) is 48.4 Å². The Morgan fingerprint density at radius 3 is 2.87 bits per heavy atom. The quantitative estimate of drug-likeness (QED) is 0.837. The van der Waals surface area contributed by atoms with Crippen LogP contribution in [0.3, 0.4) is 0 Å². The molecule has 0 saturated carbocycles. The van der Waals surface area contributed by atoms with Crippen molar-refractivity contribution in [3.05, 3.63) is 29.5 Å². The van der Waals surface area contributed by atoms with Crippen molar-refractivity contribution in [2.75, 3.05) is 6.61 Å². The van der Waals surface area contributed by atoms with Crippen LogP contribution in [-0.2, 0) is 6.54 Å². The van der Waals surface area contributed by atoms with Crippen molar-refractivity contribution in [1.82, 2.24) is 0 Å². The second-order valence-electron chi connectivity index (χ2n) is 3.43. The first-order valence-corrected chi connectivity index (χ1v) is 5.11. The zero-order chi connectivity index (χ0) is 10.8. The summed E-state index contributed by atoms with van der Waals surface area (Å²) in [4.78, 5) is 0. The second-order valence-corrected chi connectivity index (χ2v) is 3.43. The number of rotatable bonds is 3. The normalized spacial score (nSPS) is 10.9. The van der Waals surface area contributed by atoms with Crippen molar-refractivity contribution in [3.8, 4) is 5.75 Å². The van der Waals surface area contributed by atoms with Gasteiger partial charge in [-0.2, -0.15) is 0 Å². The van der Waals surface area contributed by atoms with Gasteiger partial charge in [-0.3, -0.25) is 0 Å². The molecular weight excluding hydrogens is 190 g/mol. The molecule has 0 saturated heterocycles. The van der Waals surface area contributed by atoms with Gasteiger partial charge < -0.3 is 14.9 Å². The molecule has 1 aromatic carbocycles. The predicted octanol–water partition coefficient (Wildman–Crippen LogP) is 2.60. The zero-order valence-corrected chi connectivity index (χ0v) is 9.04. The van der Waals surface area contributed by atoms with Crippen molar-refractivity contribution in [1.29, 1.82) is 0 Å². The molecule has 0 fully saturated rings. The van der Waals surface area contributed by atoms with Gasteiger partial charge in [0.25, 0.3) is 0 Å². The van der Waals surface area contributed by atoms with E-state index < -0.39 is 0 Å². The maximum atomic E-state index is 5.68. The fourth-order valence-electron chi connectivity index (χ4n) is 1.76. The van der Waals surface area contributed by atoms with Gasteiger partial charge in [0, 0.05) is 17.5 Å². The molecule has 0 aliphatic carbocycles. The van der Waals surface area contributed by atoms with Crippen LogP contribution in [0.5, 0.6) is 5.75 Å². The van der Waals surface area contributed by atoms with Crippen LogP contribution in [0, 0.1) is 6.92 Å². The van der Waals surface area contributed by atoms with Gasteiger partial charge in [0.2, 0.25) is 0 Å². The average molecular weight is 205 g/mol. The van der Waals surface area contributed by atoms with Gasteiger partial charge in [-0.05, 0) is 32.0 Å². The molecule has 80 valence electrons. The van der Waals surface area contributed by atoms with Gasteiger partial charge in [-0.25, -0.2) is 0 Å². The van der Waals surface area contributed by atoms with E-state index in [1.807, 2.05) is 32.0 Å². The number of fused-ring (bicyclic) bond motifs is 1. The molecule has 0 amide bonds. The molecule has 0 radical (unpaired) electrons. The van der Waals surface area contributed by atoms with Gasteiger partial charge in [-0.1, -0.05) is 0 Å². The number of furan rings is 1. The molecule has 2 N–H and O–H groups in total. The second kappa shape index (κ2) is 3.95. The number of hydrogen-bond donors (Lipinski definition) is 1. The lowest BCUT2D eigenvalue weighted by Gasteiger charge is -2.02. The van der Waals surface area contributed by atoms with E-state index in [2.05, 4.69) is 0 Å². The lowest BCUT2D eigenvalue weighted by atomic mass is 10.1. The molecular formula is C12H15NO2. The number of nitrogens with two attached hydrogens (primary N) is 1. The molecule has 0 spiro atoms. The van der Waals surface area contributed by atoms with Gasteiger partial charge in [-0.15, -0.1) is 0 Å². The Bertz CT molecular complexity index is 474. The van der Waals surface area contributed by atoms with E-state index in [9.17, 15) is 0 Å². The van der Waals surface area contributed by atoms with Crippen LogP contribution < -0.4 is 10.5 Å². The molecule has 0 unspecified atom stereocenters. The zero-order valence-electron chi connectivity index (χ0n) is 9.04. The predicted molar refractivity (Wildman–Crippen MR) is 60.0 cm³/mol.